The number of pyridine rings is 1. The van der Waals surface area contributed by atoms with Gasteiger partial charge in [-0.05, 0) is 36.8 Å². The number of nitrogens with two attached hydrogens (primary N) is 1. The number of alkyl halides is 3. The van der Waals surface area contributed by atoms with E-state index in [0.29, 0.717) is 22.3 Å². The lowest BCUT2D eigenvalue weighted by Crippen LogP contribution is -2.40. The van der Waals surface area contributed by atoms with Gasteiger partial charge in [0.25, 0.3) is 0 Å². The van der Waals surface area contributed by atoms with Gasteiger partial charge >= 0.3 is 6.18 Å². The Morgan fingerprint density at radius 1 is 1.23 bits per heavy atom. The molecule has 0 bridgehead atoms. The van der Waals surface area contributed by atoms with Gasteiger partial charge in [-0.15, -0.1) is 0 Å². The van der Waals surface area contributed by atoms with Crippen LogP contribution in [-0.2, 0) is 4.74 Å². The molecule has 4 nitrogen and oxygen atoms in total. The first-order valence-electron chi connectivity index (χ1n) is 8.99. The first kappa shape index (κ1) is 20.7. The molecule has 4 rings (SSSR count). The van der Waals surface area contributed by atoms with E-state index in [4.69, 9.17) is 26.8 Å². The highest BCUT2D eigenvalue weighted by atomic mass is 35.5. The molecule has 0 saturated carbocycles. The van der Waals surface area contributed by atoms with Crippen LogP contribution in [-0.4, -0.2) is 30.5 Å². The topological polar surface area (TPSA) is 60.7 Å². The lowest BCUT2D eigenvalue weighted by Gasteiger charge is -2.29. The lowest BCUT2D eigenvalue weighted by molar-refractivity contribution is -0.187. The third-order valence-corrected chi connectivity index (χ3v) is 5.72. The predicted octanol–water partition coefficient (Wildman–Crippen LogP) is 5.39. The number of nitrogen functional groups attached to an aromatic ring is 1. The molecule has 158 valence electrons. The molecule has 2 atom stereocenters. The third kappa shape index (κ3) is 3.06. The number of epoxide rings is 1. The molecular formula is C21H17ClF4N2O2. The number of nitrogens with zero attached hydrogens (tertiary/aromatic N) is 1. The van der Waals surface area contributed by atoms with Crippen molar-refractivity contribution < 1.29 is 27.0 Å². The van der Waals surface area contributed by atoms with Gasteiger partial charge in [-0.2, -0.15) is 13.2 Å². The fourth-order valence-corrected chi connectivity index (χ4v) is 3.99. The van der Waals surface area contributed by atoms with E-state index < -0.39 is 30.1 Å². The van der Waals surface area contributed by atoms with Gasteiger partial charge in [0.05, 0.1) is 30.2 Å². The summed E-state index contributed by atoms with van der Waals surface area (Å²) in [5, 5.41) is 0.235. The molecule has 1 aliphatic heterocycles. The van der Waals surface area contributed by atoms with Crippen molar-refractivity contribution in [2.75, 3.05) is 19.5 Å². The Balaban J connectivity index is 2.05. The van der Waals surface area contributed by atoms with Gasteiger partial charge in [0.15, 0.2) is 17.2 Å². The largest absolute Gasteiger partial charge is 0.493 e. The van der Waals surface area contributed by atoms with Crippen LogP contribution in [0.4, 0.5) is 23.2 Å². The minimum Gasteiger partial charge on any atom is -0.493 e. The highest BCUT2D eigenvalue weighted by Crippen LogP contribution is 2.57. The monoisotopic (exact) mass is 440 g/mol. The van der Waals surface area contributed by atoms with Crippen molar-refractivity contribution in [3.8, 4) is 5.75 Å². The second-order valence-corrected chi connectivity index (χ2v) is 7.58. The van der Waals surface area contributed by atoms with Gasteiger partial charge < -0.3 is 15.2 Å². The minimum atomic E-state index is -4.72. The van der Waals surface area contributed by atoms with Gasteiger partial charge in [-0.25, -0.2) is 4.39 Å². The molecule has 0 radical (unpaired) electrons. The van der Waals surface area contributed by atoms with Crippen LogP contribution in [0.1, 0.15) is 22.7 Å². The van der Waals surface area contributed by atoms with Gasteiger partial charge in [-0.1, -0.05) is 23.7 Å². The summed E-state index contributed by atoms with van der Waals surface area (Å²) in [4.78, 5) is 4.44. The number of ether oxygens (including phenoxy) is 2. The molecule has 2 unspecified atom stereocenters. The van der Waals surface area contributed by atoms with Crippen molar-refractivity contribution in [3.05, 3.63) is 64.1 Å². The zero-order valence-corrected chi connectivity index (χ0v) is 16.7. The summed E-state index contributed by atoms with van der Waals surface area (Å²) in [6.45, 7) is 1.02. The average molecular weight is 441 g/mol. The van der Waals surface area contributed by atoms with E-state index in [1.54, 1.807) is 31.2 Å². The number of fused-ring (bicyclic) bond motifs is 1. The zero-order valence-electron chi connectivity index (χ0n) is 16.0. The van der Waals surface area contributed by atoms with Crippen molar-refractivity contribution >= 4 is 28.2 Å². The predicted molar refractivity (Wildman–Crippen MR) is 105 cm³/mol. The fraction of sp³-hybridized carbons (Fsp3) is 0.286. The molecule has 0 amide bonds. The van der Waals surface area contributed by atoms with Crippen molar-refractivity contribution in [2.24, 2.45) is 0 Å². The maximum absolute atomic E-state index is 14.6. The Morgan fingerprint density at radius 3 is 2.53 bits per heavy atom. The van der Waals surface area contributed by atoms with E-state index in [2.05, 4.69) is 4.98 Å². The Kier molecular flexibility index (Phi) is 4.82. The van der Waals surface area contributed by atoms with Crippen molar-refractivity contribution in [3.63, 3.8) is 0 Å². The second kappa shape index (κ2) is 6.99. The lowest BCUT2D eigenvalue weighted by atomic mass is 9.78. The first-order chi connectivity index (χ1) is 14.1. The van der Waals surface area contributed by atoms with Crippen molar-refractivity contribution in [1.82, 2.24) is 4.98 Å². The smallest absolute Gasteiger partial charge is 0.420 e. The SMILES string of the molecule is COc1c(C(c2cc3c(N)cccc3nc2C)C2(C(F)(F)F)CO2)ccc(Cl)c1F. The van der Waals surface area contributed by atoms with E-state index in [9.17, 15) is 17.6 Å². The summed E-state index contributed by atoms with van der Waals surface area (Å²) in [6, 6.07) is 9.13. The maximum atomic E-state index is 14.6. The van der Waals surface area contributed by atoms with Crippen LogP contribution in [0.3, 0.4) is 0 Å². The number of halogens is 5. The first-order valence-corrected chi connectivity index (χ1v) is 9.37. The number of benzene rings is 2. The molecular weight excluding hydrogens is 424 g/mol. The summed E-state index contributed by atoms with van der Waals surface area (Å²) < 4.78 is 67.1. The molecule has 30 heavy (non-hydrogen) atoms. The average Bonchev–Trinajstić information content (AvgIpc) is 3.48. The molecule has 2 aromatic carbocycles. The zero-order chi connectivity index (χ0) is 21.8. The van der Waals surface area contributed by atoms with Crippen LogP contribution in [0, 0.1) is 12.7 Å². The summed E-state index contributed by atoms with van der Waals surface area (Å²) >= 11 is 5.83. The number of methoxy groups -OCH3 is 1. The minimum absolute atomic E-state index is 0.0343. The molecule has 0 spiro atoms. The molecule has 2 heterocycles. The summed E-state index contributed by atoms with van der Waals surface area (Å²) in [7, 11) is 1.17. The number of aryl methyl sites for hydroxylation is 1. The molecule has 9 heteroatoms. The van der Waals surface area contributed by atoms with Crippen LogP contribution in [0.2, 0.25) is 5.02 Å². The molecule has 0 aliphatic carbocycles. The maximum Gasteiger partial charge on any atom is 0.420 e. The van der Waals surface area contributed by atoms with Gasteiger partial charge in [0.2, 0.25) is 0 Å². The third-order valence-electron chi connectivity index (χ3n) is 5.43. The number of aromatic nitrogens is 1. The quantitative estimate of drug-likeness (QED) is 0.336. The molecule has 1 saturated heterocycles. The Bertz CT molecular complexity index is 1150. The van der Waals surface area contributed by atoms with E-state index in [-0.39, 0.29) is 21.9 Å². The van der Waals surface area contributed by atoms with Crippen LogP contribution in [0.5, 0.6) is 5.75 Å². The Hall–Kier alpha value is -2.58. The molecule has 2 N–H and O–H groups in total. The fourth-order valence-electron chi connectivity index (χ4n) is 3.85. The molecule has 3 aromatic rings. The number of hydrogen-bond acceptors (Lipinski definition) is 4. The number of rotatable bonds is 4. The van der Waals surface area contributed by atoms with E-state index >= 15 is 0 Å². The Labute approximate surface area is 174 Å². The standard InChI is InChI=1S/C21H17ClF4N2O2/c1-10-12(8-13-15(27)4-3-5-16(13)28-10)17(20(9-30-20)21(24,25)26)11-6-7-14(22)18(23)19(11)29-2/h3-8,17H,9,27H2,1-2H3. The molecule has 1 aromatic heterocycles. The van der Waals surface area contributed by atoms with Crippen LogP contribution in [0.25, 0.3) is 10.9 Å². The summed E-state index contributed by atoms with van der Waals surface area (Å²) in [5.41, 5.74) is 4.93. The highest BCUT2D eigenvalue weighted by molar-refractivity contribution is 6.30. The second-order valence-electron chi connectivity index (χ2n) is 7.17. The Morgan fingerprint density at radius 2 is 1.93 bits per heavy atom. The van der Waals surface area contributed by atoms with Crippen LogP contribution in [0.15, 0.2) is 36.4 Å². The van der Waals surface area contributed by atoms with E-state index in [1.165, 1.54) is 19.2 Å². The summed E-state index contributed by atoms with van der Waals surface area (Å²) in [5.74, 6) is -2.74. The van der Waals surface area contributed by atoms with E-state index in [0.717, 1.165) is 0 Å². The molecule has 1 fully saturated rings. The molecule has 1 aliphatic rings. The van der Waals surface area contributed by atoms with Crippen molar-refractivity contribution in [2.45, 2.75) is 24.6 Å². The normalized spacial score (nSPS) is 19.7. The highest BCUT2D eigenvalue weighted by Gasteiger charge is 2.71. The van der Waals surface area contributed by atoms with Crippen LogP contribution >= 0.6 is 11.6 Å². The van der Waals surface area contributed by atoms with Crippen LogP contribution < -0.4 is 10.5 Å². The van der Waals surface area contributed by atoms with Gasteiger partial charge in [-0.3, -0.25) is 4.98 Å². The van der Waals surface area contributed by atoms with E-state index in [1.807, 2.05) is 0 Å². The number of anilines is 1. The van der Waals surface area contributed by atoms with Crippen molar-refractivity contribution in [1.29, 1.82) is 0 Å². The van der Waals surface area contributed by atoms with Gasteiger partial charge in [0.1, 0.15) is 0 Å². The summed E-state index contributed by atoms with van der Waals surface area (Å²) in [6.07, 6.45) is -4.72. The number of hydrogen-bond donors (Lipinski definition) is 1. The van der Waals surface area contributed by atoms with Gasteiger partial charge in [0, 0.05) is 22.3 Å².